The normalized spacial score (nSPS) is 14.9. The molecule has 5 rings (SSSR count). The molecule has 0 saturated carbocycles. The maximum absolute atomic E-state index is 13.0. The summed E-state index contributed by atoms with van der Waals surface area (Å²) in [5, 5.41) is 7.42. The third kappa shape index (κ3) is 4.26. The predicted molar refractivity (Wildman–Crippen MR) is 122 cm³/mol. The molecular weight excluding hydrogens is 389 g/mol. The molecule has 4 nitrogen and oxygen atoms in total. The molecule has 1 aromatic heterocycles. The zero-order valence-corrected chi connectivity index (χ0v) is 16.9. The van der Waals surface area contributed by atoms with Gasteiger partial charge in [0.05, 0.1) is 18.0 Å². The van der Waals surface area contributed by atoms with Crippen molar-refractivity contribution in [3.8, 4) is 0 Å². The fourth-order valence-corrected chi connectivity index (χ4v) is 4.16. The van der Waals surface area contributed by atoms with Gasteiger partial charge in [0.15, 0.2) is 0 Å². The minimum atomic E-state index is -0.308. The van der Waals surface area contributed by atoms with Gasteiger partial charge in [0, 0.05) is 11.1 Å². The quantitative estimate of drug-likeness (QED) is 0.446. The van der Waals surface area contributed by atoms with Crippen molar-refractivity contribution >= 4 is 28.3 Å². The van der Waals surface area contributed by atoms with Crippen LogP contribution in [0.5, 0.6) is 0 Å². The molecule has 1 amide bonds. The van der Waals surface area contributed by atoms with E-state index in [2.05, 4.69) is 34.9 Å². The molecule has 0 bridgehead atoms. The molecule has 0 radical (unpaired) electrons. The molecule has 1 aliphatic rings. The minimum Gasteiger partial charge on any atom is -0.363 e. The number of fused-ring (bicyclic) bond motifs is 2. The first kappa shape index (κ1) is 19.2. The van der Waals surface area contributed by atoms with E-state index in [4.69, 9.17) is 4.98 Å². The van der Waals surface area contributed by atoms with E-state index in [0.717, 1.165) is 35.1 Å². The van der Waals surface area contributed by atoms with E-state index in [9.17, 15) is 9.18 Å². The van der Waals surface area contributed by atoms with Crippen LogP contribution in [0.25, 0.3) is 10.9 Å². The summed E-state index contributed by atoms with van der Waals surface area (Å²) in [4.78, 5) is 17.1. The Bertz CT molecular complexity index is 1250. The zero-order valence-electron chi connectivity index (χ0n) is 16.9. The largest absolute Gasteiger partial charge is 0.363 e. The third-order valence-corrected chi connectivity index (χ3v) is 5.71. The van der Waals surface area contributed by atoms with E-state index in [1.165, 1.54) is 23.3 Å². The van der Waals surface area contributed by atoms with Gasteiger partial charge < -0.3 is 10.6 Å². The Morgan fingerprint density at radius 2 is 1.84 bits per heavy atom. The number of aryl methyl sites for hydroxylation is 1. The van der Waals surface area contributed by atoms with Crippen LogP contribution < -0.4 is 10.6 Å². The highest BCUT2D eigenvalue weighted by molar-refractivity contribution is 5.95. The van der Waals surface area contributed by atoms with Gasteiger partial charge in [0.2, 0.25) is 5.91 Å². The van der Waals surface area contributed by atoms with Crippen molar-refractivity contribution in [2.75, 3.05) is 10.6 Å². The number of amides is 1. The third-order valence-electron chi connectivity index (χ3n) is 5.71. The lowest BCUT2D eigenvalue weighted by atomic mass is 10.1. The second-order valence-corrected chi connectivity index (χ2v) is 7.89. The van der Waals surface area contributed by atoms with E-state index in [-0.39, 0.29) is 24.2 Å². The molecular formula is C26H22FN3O. The van der Waals surface area contributed by atoms with Crippen molar-refractivity contribution in [1.82, 2.24) is 4.98 Å². The van der Waals surface area contributed by atoms with Gasteiger partial charge in [-0.15, -0.1) is 0 Å². The molecule has 1 atom stereocenters. The second kappa shape index (κ2) is 8.19. The molecule has 4 aromatic rings. The molecule has 1 heterocycles. The predicted octanol–water partition coefficient (Wildman–Crippen LogP) is 5.65. The molecule has 31 heavy (non-hydrogen) atoms. The van der Waals surface area contributed by atoms with Gasteiger partial charge in [-0.3, -0.25) is 4.79 Å². The van der Waals surface area contributed by atoms with Crippen LogP contribution in [0.4, 0.5) is 15.9 Å². The second-order valence-electron chi connectivity index (χ2n) is 7.89. The van der Waals surface area contributed by atoms with E-state index >= 15 is 0 Å². The summed E-state index contributed by atoms with van der Waals surface area (Å²) in [6, 6.07) is 24.5. The summed E-state index contributed by atoms with van der Waals surface area (Å²) in [7, 11) is 0. The smallest absolute Gasteiger partial charge is 0.228 e. The molecule has 1 aliphatic carbocycles. The highest BCUT2D eigenvalue weighted by Gasteiger charge is 2.21. The Morgan fingerprint density at radius 3 is 2.71 bits per heavy atom. The Morgan fingerprint density at radius 1 is 1.00 bits per heavy atom. The molecule has 3 aromatic carbocycles. The minimum absolute atomic E-state index is 0.142. The van der Waals surface area contributed by atoms with Gasteiger partial charge in [-0.05, 0) is 72.0 Å². The summed E-state index contributed by atoms with van der Waals surface area (Å²) < 4.78 is 13.0. The first-order valence-corrected chi connectivity index (χ1v) is 10.4. The van der Waals surface area contributed by atoms with Crippen molar-refractivity contribution in [3.63, 3.8) is 0 Å². The van der Waals surface area contributed by atoms with Crippen molar-refractivity contribution in [3.05, 3.63) is 101 Å². The molecule has 0 aliphatic heterocycles. The number of rotatable bonds is 5. The number of carbonyl (C=O) groups excluding carboxylic acids is 1. The van der Waals surface area contributed by atoms with Crippen molar-refractivity contribution in [2.24, 2.45) is 0 Å². The van der Waals surface area contributed by atoms with E-state index in [0.29, 0.717) is 5.69 Å². The van der Waals surface area contributed by atoms with Crippen LogP contribution >= 0.6 is 0 Å². The molecule has 154 valence electrons. The van der Waals surface area contributed by atoms with Crippen molar-refractivity contribution in [1.29, 1.82) is 0 Å². The van der Waals surface area contributed by atoms with E-state index < -0.39 is 0 Å². The topological polar surface area (TPSA) is 54.0 Å². The Hall–Kier alpha value is -3.73. The molecule has 0 fully saturated rings. The summed E-state index contributed by atoms with van der Waals surface area (Å²) in [6.45, 7) is 0. The van der Waals surface area contributed by atoms with Gasteiger partial charge in [0.25, 0.3) is 0 Å². The summed E-state index contributed by atoms with van der Waals surface area (Å²) in [6.07, 6.45) is 2.35. The van der Waals surface area contributed by atoms with Crippen LogP contribution in [0.2, 0.25) is 0 Å². The van der Waals surface area contributed by atoms with Crippen LogP contribution in [0, 0.1) is 5.82 Å². The Labute approximate surface area is 180 Å². The number of aromatic nitrogens is 1. The zero-order chi connectivity index (χ0) is 21.2. The van der Waals surface area contributed by atoms with Gasteiger partial charge >= 0.3 is 0 Å². The standard InChI is InChI=1S/C26H22FN3O/c27-20-9-5-17(6-10-20)15-26(31)28-21-11-13-23-19(16-21)8-14-25(29-23)30-24-12-7-18-3-1-2-4-22(18)24/h1-6,8-11,13-14,16,24H,7,12,15H2,(H,28,31)(H,29,30). The number of hydrogen-bond acceptors (Lipinski definition) is 3. The number of nitrogens with zero attached hydrogens (tertiary/aromatic N) is 1. The SMILES string of the molecule is O=C(Cc1ccc(F)cc1)Nc1ccc2nc(NC3CCc4ccccc43)ccc2c1. The van der Waals surface area contributed by atoms with Gasteiger partial charge in [-0.2, -0.15) is 0 Å². The fraction of sp³-hybridized carbons (Fsp3) is 0.154. The van der Waals surface area contributed by atoms with Gasteiger partial charge in [-0.1, -0.05) is 36.4 Å². The highest BCUT2D eigenvalue weighted by Crippen LogP contribution is 2.33. The lowest BCUT2D eigenvalue weighted by molar-refractivity contribution is -0.115. The van der Waals surface area contributed by atoms with Crippen LogP contribution in [0.1, 0.15) is 29.2 Å². The Balaban J connectivity index is 1.28. The summed E-state index contributed by atoms with van der Waals surface area (Å²) in [5.74, 6) is 0.400. The number of pyridine rings is 1. The van der Waals surface area contributed by atoms with Crippen LogP contribution in [-0.2, 0) is 17.6 Å². The molecule has 1 unspecified atom stereocenters. The lowest BCUT2D eigenvalue weighted by Crippen LogP contribution is -2.14. The summed E-state index contributed by atoms with van der Waals surface area (Å²) >= 11 is 0. The molecule has 0 saturated heterocycles. The fourth-order valence-electron chi connectivity index (χ4n) is 4.16. The van der Waals surface area contributed by atoms with Gasteiger partial charge in [-0.25, -0.2) is 9.37 Å². The molecule has 2 N–H and O–H groups in total. The van der Waals surface area contributed by atoms with Crippen molar-refractivity contribution < 1.29 is 9.18 Å². The molecule has 0 spiro atoms. The maximum atomic E-state index is 13.0. The van der Waals surface area contributed by atoms with Crippen LogP contribution in [-0.4, -0.2) is 10.9 Å². The number of halogens is 1. The first-order valence-electron chi connectivity index (χ1n) is 10.4. The number of benzene rings is 3. The highest BCUT2D eigenvalue weighted by atomic mass is 19.1. The monoisotopic (exact) mass is 411 g/mol. The van der Waals surface area contributed by atoms with E-state index in [1.807, 2.05) is 30.3 Å². The maximum Gasteiger partial charge on any atom is 0.228 e. The summed E-state index contributed by atoms with van der Waals surface area (Å²) in [5.41, 5.74) is 5.11. The number of anilines is 2. The average Bonchev–Trinajstić information content (AvgIpc) is 3.18. The van der Waals surface area contributed by atoms with E-state index in [1.54, 1.807) is 12.1 Å². The van der Waals surface area contributed by atoms with Crippen LogP contribution in [0.3, 0.4) is 0 Å². The van der Waals surface area contributed by atoms with Crippen LogP contribution in [0.15, 0.2) is 78.9 Å². The number of hydrogen-bond donors (Lipinski definition) is 2. The Kier molecular flexibility index (Phi) is 5.08. The lowest BCUT2D eigenvalue weighted by Gasteiger charge is -2.15. The average molecular weight is 411 g/mol. The number of nitrogens with one attached hydrogen (secondary N) is 2. The van der Waals surface area contributed by atoms with Crippen molar-refractivity contribution in [2.45, 2.75) is 25.3 Å². The number of carbonyl (C=O) groups is 1. The van der Waals surface area contributed by atoms with Gasteiger partial charge in [0.1, 0.15) is 11.6 Å². The first-order chi connectivity index (χ1) is 15.1. The molecule has 5 heteroatoms.